The molecule has 0 unspecified atom stereocenters. The molecule has 1 aromatic carbocycles. The average molecular weight is 431 g/mol. The third kappa shape index (κ3) is 7.47. The monoisotopic (exact) mass is 430 g/mol. The first kappa shape index (κ1) is 22.9. The third-order valence-corrected chi connectivity index (χ3v) is 6.10. The quantitative estimate of drug-likeness (QED) is 0.587. The van der Waals surface area contributed by atoms with Crippen molar-refractivity contribution in [2.75, 3.05) is 46.4 Å². The lowest BCUT2D eigenvalue weighted by Gasteiger charge is -2.32. The van der Waals surface area contributed by atoms with E-state index in [1.54, 1.807) is 11.3 Å². The highest BCUT2D eigenvalue weighted by molar-refractivity contribution is 7.13. The fourth-order valence-electron chi connectivity index (χ4n) is 3.43. The number of rotatable bonds is 10. The van der Waals surface area contributed by atoms with Gasteiger partial charge in [-0.05, 0) is 38.9 Å². The van der Waals surface area contributed by atoms with E-state index < -0.39 is 0 Å². The SMILES string of the molecule is CC(C)OCCCNC(=O)Cc1csc(-c2cccc(CN3CCN(C)CC3)c2)n1. The average Bonchev–Trinajstić information content (AvgIpc) is 3.18. The van der Waals surface area contributed by atoms with Crippen LogP contribution in [0.4, 0.5) is 0 Å². The molecule has 0 bridgehead atoms. The van der Waals surface area contributed by atoms with Gasteiger partial charge >= 0.3 is 0 Å². The van der Waals surface area contributed by atoms with Crippen LogP contribution in [0.15, 0.2) is 29.6 Å². The van der Waals surface area contributed by atoms with Crippen LogP contribution in [0, 0.1) is 0 Å². The van der Waals surface area contributed by atoms with Gasteiger partial charge in [-0.25, -0.2) is 4.98 Å². The van der Waals surface area contributed by atoms with E-state index in [4.69, 9.17) is 9.72 Å². The Balaban J connectivity index is 1.48. The number of carbonyl (C=O) groups is 1. The van der Waals surface area contributed by atoms with Crippen LogP contribution in [0.3, 0.4) is 0 Å². The van der Waals surface area contributed by atoms with E-state index in [9.17, 15) is 4.79 Å². The van der Waals surface area contributed by atoms with Crippen LogP contribution in [-0.2, 0) is 22.5 Å². The second-order valence-electron chi connectivity index (χ2n) is 8.22. The van der Waals surface area contributed by atoms with Crippen molar-refractivity contribution in [1.29, 1.82) is 0 Å². The van der Waals surface area contributed by atoms with Gasteiger partial charge in [0.25, 0.3) is 0 Å². The maximum absolute atomic E-state index is 12.2. The summed E-state index contributed by atoms with van der Waals surface area (Å²) in [5.41, 5.74) is 3.27. The smallest absolute Gasteiger partial charge is 0.226 e. The van der Waals surface area contributed by atoms with Crippen molar-refractivity contribution >= 4 is 17.2 Å². The number of nitrogens with one attached hydrogen (secondary N) is 1. The standard InChI is InChI=1S/C23H34N4O2S/c1-18(2)29-13-5-8-24-22(28)15-21-17-30-23(25-21)20-7-4-6-19(14-20)16-27-11-9-26(3)10-12-27/h4,6-7,14,17-18H,5,8-13,15-16H2,1-3H3,(H,24,28). The molecule has 3 rings (SSSR count). The fraction of sp³-hybridized carbons (Fsp3) is 0.565. The Morgan fingerprint density at radius 3 is 2.83 bits per heavy atom. The molecule has 1 fully saturated rings. The Kier molecular flexibility index (Phi) is 8.81. The minimum Gasteiger partial charge on any atom is -0.379 e. The lowest BCUT2D eigenvalue weighted by Crippen LogP contribution is -2.43. The van der Waals surface area contributed by atoms with E-state index in [2.05, 4.69) is 46.4 Å². The topological polar surface area (TPSA) is 57.7 Å². The lowest BCUT2D eigenvalue weighted by atomic mass is 10.1. The van der Waals surface area contributed by atoms with Crippen molar-refractivity contribution < 1.29 is 9.53 Å². The Morgan fingerprint density at radius 2 is 2.07 bits per heavy atom. The number of piperazine rings is 1. The second-order valence-corrected chi connectivity index (χ2v) is 9.08. The maximum Gasteiger partial charge on any atom is 0.226 e. The van der Waals surface area contributed by atoms with Gasteiger partial charge < -0.3 is 15.0 Å². The van der Waals surface area contributed by atoms with E-state index in [0.29, 0.717) is 19.6 Å². The van der Waals surface area contributed by atoms with Crippen LogP contribution < -0.4 is 5.32 Å². The van der Waals surface area contributed by atoms with Gasteiger partial charge in [-0.15, -0.1) is 11.3 Å². The van der Waals surface area contributed by atoms with Gasteiger partial charge in [0, 0.05) is 56.8 Å². The molecule has 1 aliphatic rings. The summed E-state index contributed by atoms with van der Waals surface area (Å²) >= 11 is 1.60. The van der Waals surface area contributed by atoms with Crippen molar-refractivity contribution in [1.82, 2.24) is 20.1 Å². The molecule has 1 saturated heterocycles. The molecule has 164 valence electrons. The number of thiazole rings is 1. The Morgan fingerprint density at radius 1 is 1.27 bits per heavy atom. The molecular weight excluding hydrogens is 396 g/mol. The zero-order valence-corrected chi connectivity index (χ0v) is 19.2. The molecule has 0 radical (unpaired) electrons. The Bertz CT molecular complexity index is 800. The number of aromatic nitrogens is 1. The molecule has 0 atom stereocenters. The summed E-state index contributed by atoms with van der Waals surface area (Å²) in [5, 5.41) is 5.91. The molecule has 1 aromatic heterocycles. The van der Waals surface area contributed by atoms with Crippen molar-refractivity contribution in [3.63, 3.8) is 0 Å². The van der Waals surface area contributed by atoms with Gasteiger partial charge in [-0.2, -0.15) is 0 Å². The lowest BCUT2D eigenvalue weighted by molar-refractivity contribution is -0.120. The molecule has 1 aliphatic heterocycles. The normalized spacial score (nSPS) is 15.6. The largest absolute Gasteiger partial charge is 0.379 e. The molecule has 2 heterocycles. The van der Waals surface area contributed by atoms with Crippen molar-refractivity contribution in [2.24, 2.45) is 0 Å². The first-order valence-electron chi connectivity index (χ1n) is 10.8. The van der Waals surface area contributed by atoms with Crippen molar-refractivity contribution in [2.45, 2.75) is 39.3 Å². The van der Waals surface area contributed by atoms with Crippen LogP contribution in [0.25, 0.3) is 10.6 Å². The van der Waals surface area contributed by atoms with Gasteiger partial charge in [-0.1, -0.05) is 18.2 Å². The summed E-state index contributed by atoms with van der Waals surface area (Å²) in [6.07, 6.45) is 1.38. The molecule has 1 N–H and O–H groups in total. The van der Waals surface area contributed by atoms with Gasteiger partial charge in [0.2, 0.25) is 5.91 Å². The number of hydrogen-bond donors (Lipinski definition) is 1. The van der Waals surface area contributed by atoms with Gasteiger partial charge in [0.15, 0.2) is 0 Å². The zero-order valence-electron chi connectivity index (χ0n) is 18.4. The van der Waals surface area contributed by atoms with E-state index in [1.807, 2.05) is 19.2 Å². The predicted molar refractivity (Wildman–Crippen MR) is 123 cm³/mol. The molecule has 0 aliphatic carbocycles. The minimum absolute atomic E-state index is 0.0141. The van der Waals surface area contributed by atoms with Crippen LogP contribution in [-0.4, -0.2) is 73.2 Å². The number of likely N-dealkylation sites (N-methyl/N-ethyl adjacent to an activating group) is 1. The summed E-state index contributed by atoms with van der Waals surface area (Å²) in [5.74, 6) is 0.0141. The predicted octanol–water partition coefficient (Wildman–Crippen LogP) is 3.03. The highest BCUT2D eigenvalue weighted by Gasteiger charge is 2.15. The molecule has 2 aromatic rings. The molecular formula is C23H34N4O2S. The third-order valence-electron chi connectivity index (χ3n) is 5.16. The molecule has 1 amide bonds. The van der Waals surface area contributed by atoms with E-state index in [0.717, 1.165) is 55.4 Å². The Hall–Kier alpha value is -1.80. The first-order valence-corrected chi connectivity index (χ1v) is 11.7. The molecule has 0 saturated carbocycles. The molecule has 6 nitrogen and oxygen atoms in total. The number of amides is 1. The van der Waals surface area contributed by atoms with E-state index >= 15 is 0 Å². The fourth-order valence-corrected chi connectivity index (χ4v) is 4.25. The molecule has 7 heteroatoms. The van der Waals surface area contributed by atoms with E-state index in [-0.39, 0.29) is 12.0 Å². The van der Waals surface area contributed by atoms with Crippen molar-refractivity contribution in [3.8, 4) is 10.6 Å². The summed E-state index contributed by atoms with van der Waals surface area (Å²) in [6, 6.07) is 8.63. The van der Waals surface area contributed by atoms with Gasteiger partial charge in [0.05, 0.1) is 18.2 Å². The van der Waals surface area contributed by atoms with Gasteiger partial charge in [-0.3, -0.25) is 9.69 Å². The maximum atomic E-state index is 12.2. The number of ether oxygens (including phenoxy) is 1. The summed E-state index contributed by atoms with van der Waals surface area (Å²) in [4.78, 5) is 21.7. The van der Waals surface area contributed by atoms with Crippen LogP contribution in [0.5, 0.6) is 0 Å². The minimum atomic E-state index is 0.0141. The first-order chi connectivity index (χ1) is 14.5. The second kappa shape index (κ2) is 11.6. The van der Waals surface area contributed by atoms with Gasteiger partial charge in [0.1, 0.15) is 5.01 Å². The number of hydrogen-bond acceptors (Lipinski definition) is 6. The molecule has 30 heavy (non-hydrogen) atoms. The van der Waals surface area contributed by atoms with Crippen LogP contribution in [0.1, 0.15) is 31.5 Å². The summed E-state index contributed by atoms with van der Waals surface area (Å²) in [6.45, 7) is 10.8. The van der Waals surface area contributed by atoms with Crippen LogP contribution >= 0.6 is 11.3 Å². The highest BCUT2D eigenvalue weighted by atomic mass is 32.1. The molecule has 0 spiro atoms. The summed E-state index contributed by atoms with van der Waals surface area (Å²) < 4.78 is 5.49. The van der Waals surface area contributed by atoms with Crippen molar-refractivity contribution in [3.05, 3.63) is 40.9 Å². The Labute approximate surface area is 184 Å². The summed E-state index contributed by atoms with van der Waals surface area (Å²) in [7, 11) is 2.18. The number of carbonyl (C=O) groups excluding carboxylic acids is 1. The van der Waals surface area contributed by atoms with E-state index in [1.165, 1.54) is 5.56 Å². The zero-order chi connectivity index (χ0) is 21.3. The number of benzene rings is 1. The number of nitrogens with zero attached hydrogens (tertiary/aromatic N) is 3. The highest BCUT2D eigenvalue weighted by Crippen LogP contribution is 2.25. The van der Waals surface area contributed by atoms with Crippen LogP contribution in [0.2, 0.25) is 0 Å².